The van der Waals surface area contributed by atoms with Crippen LogP contribution in [0.15, 0.2) is 46.6 Å². The van der Waals surface area contributed by atoms with Gasteiger partial charge < -0.3 is 14.7 Å². The summed E-state index contributed by atoms with van der Waals surface area (Å²) in [6, 6.07) is 2.57. The minimum atomic E-state index is -4.92. The normalized spacial score (nSPS) is 22.9. The van der Waals surface area contributed by atoms with E-state index in [1.165, 1.54) is 10.6 Å². The highest BCUT2D eigenvalue weighted by Crippen LogP contribution is 2.49. The first kappa shape index (κ1) is 33.4. The number of nitrogens with zero attached hydrogens (tertiary/aromatic N) is 6. The van der Waals surface area contributed by atoms with E-state index in [-0.39, 0.29) is 65.3 Å². The van der Waals surface area contributed by atoms with Crippen LogP contribution in [0.1, 0.15) is 26.3 Å². The maximum atomic E-state index is 15.4. The van der Waals surface area contributed by atoms with Crippen LogP contribution in [-0.4, -0.2) is 99.8 Å². The van der Waals surface area contributed by atoms with E-state index in [1.54, 1.807) is 9.80 Å². The van der Waals surface area contributed by atoms with E-state index in [2.05, 4.69) is 28.3 Å². The molecule has 1 aromatic heterocycles. The Morgan fingerprint density at radius 2 is 1.74 bits per heavy atom. The molecule has 0 radical (unpaired) electrons. The van der Waals surface area contributed by atoms with Gasteiger partial charge >= 0.3 is 11.9 Å². The van der Waals surface area contributed by atoms with E-state index in [4.69, 9.17) is 0 Å². The summed E-state index contributed by atoms with van der Waals surface area (Å²) in [7, 11) is 0. The second kappa shape index (κ2) is 12.8. The van der Waals surface area contributed by atoms with Gasteiger partial charge in [-0.15, -0.1) is 11.8 Å². The topological polar surface area (TPSA) is 64.9 Å². The Kier molecular flexibility index (Phi) is 9.13. The summed E-state index contributed by atoms with van der Waals surface area (Å²) in [6.45, 7) is 14.0. The van der Waals surface area contributed by atoms with Crippen LogP contribution in [-0.2, 0) is 17.5 Å². The second-order valence-electron chi connectivity index (χ2n) is 12.5. The van der Waals surface area contributed by atoms with Gasteiger partial charge in [-0.05, 0) is 44.7 Å². The first-order chi connectivity index (χ1) is 22.3. The summed E-state index contributed by atoms with van der Waals surface area (Å²) in [5.74, 6) is -1.87. The lowest BCUT2D eigenvalue weighted by atomic mass is 9.95. The van der Waals surface area contributed by atoms with Crippen molar-refractivity contribution in [1.82, 2.24) is 24.3 Å². The highest BCUT2D eigenvalue weighted by atomic mass is 32.2. The number of amides is 1. The standard InChI is InChI=1S/C33H37F5N6O2S/c1-5-27(45)44-19(3)15-42(16-20(44)4)31-24-14-25(33(36,37)38)28(23-8-7-21(34)13-26(23)35)30-29(24)43(32(46)39-31)17-22(18-47-30)41-11-9-40(6-2)10-12-41/h5,7-8,13-14,19-20,22H,1,6,9-12,15-18H2,2-4H3/t19-,20+,22?. The third-order valence-electron chi connectivity index (χ3n) is 9.54. The number of anilines is 1. The third kappa shape index (κ3) is 6.15. The van der Waals surface area contributed by atoms with E-state index in [0.29, 0.717) is 11.8 Å². The monoisotopic (exact) mass is 676 g/mol. The predicted octanol–water partition coefficient (Wildman–Crippen LogP) is 5.08. The molecule has 8 nitrogen and oxygen atoms in total. The Labute approximate surface area is 273 Å². The van der Waals surface area contributed by atoms with Crippen molar-refractivity contribution in [3.8, 4) is 11.1 Å². The van der Waals surface area contributed by atoms with Gasteiger partial charge in [-0.25, -0.2) is 13.6 Å². The van der Waals surface area contributed by atoms with E-state index < -0.39 is 40.2 Å². The predicted molar refractivity (Wildman–Crippen MR) is 173 cm³/mol. The SMILES string of the molecule is C=CC(=O)N1[C@H](C)CN(c2nc(=O)n3c4c(c(-c5ccc(F)cc5F)c(C(F)(F)F)cc24)SCC(N2CCN(CC)CC2)C3)C[C@@H]1C. The van der Waals surface area contributed by atoms with Crippen LogP contribution in [0, 0.1) is 11.6 Å². The summed E-state index contributed by atoms with van der Waals surface area (Å²) < 4.78 is 75.9. The number of hydrogen-bond donors (Lipinski definition) is 0. The molecule has 47 heavy (non-hydrogen) atoms. The van der Waals surface area contributed by atoms with Gasteiger partial charge in [0, 0.05) is 97.2 Å². The fourth-order valence-corrected chi connectivity index (χ4v) is 8.67. The molecule has 0 saturated carbocycles. The van der Waals surface area contributed by atoms with Crippen LogP contribution in [0.25, 0.3) is 22.0 Å². The lowest BCUT2D eigenvalue weighted by Crippen LogP contribution is -2.58. The number of rotatable bonds is 5. The fraction of sp³-hybridized carbons (Fsp3) is 0.485. The van der Waals surface area contributed by atoms with Crippen LogP contribution >= 0.6 is 11.8 Å². The molecule has 14 heteroatoms. The summed E-state index contributed by atoms with van der Waals surface area (Å²) in [6.07, 6.45) is -3.70. The average Bonchev–Trinajstić information content (AvgIpc) is 3.23. The Balaban J connectivity index is 1.58. The largest absolute Gasteiger partial charge is 0.417 e. The van der Waals surface area contributed by atoms with Gasteiger partial charge in [0.15, 0.2) is 0 Å². The smallest absolute Gasteiger partial charge is 0.352 e. The third-order valence-corrected chi connectivity index (χ3v) is 10.8. The van der Waals surface area contributed by atoms with Crippen LogP contribution in [0.4, 0.5) is 27.8 Å². The van der Waals surface area contributed by atoms with Crippen molar-refractivity contribution < 1.29 is 26.7 Å². The molecule has 0 aliphatic carbocycles. The Morgan fingerprint density at radius 1 is 1.06 bits per heavy atom. The number of benzene rings is 2. The number of thioether (sulfide) groups is 1. The van der Waals surface area contributed by atoms with Gasteiger partial charge in [-0.2, -0.15) is 18.2 Å². The molecule has 0 spiro atoms. The Bertz CT molecular complexity index is 1760. The van der Waals surface area contributed by atoms with Gasteiger partial charge in [0.05, 0.1) is 11.1 Å². The number of piperazine rings is 2. The van der Waals surface area contributed by atoms with Crippen LogP contribution in [0.2, 0.25) is 0 Å². The molecule has 1 unspecified atom stereocenters. The van der Waals surface area contributed by atoms with Crippen molar-refractivity contribution >= 4 is 34.4 Å². The van der Waals surface area contributed by atoms with Gasteiger partial charge in [-0.3, -0.25) is 14.3 Å². The Morgan fingerprint density at radius 3 is 2.34 bits per heavy atom. The summed E-state index contributed by atoms with van der Waals surface area (Å²) in [4.78, 5) is 39.0. The van der Waals surface area contributed by atoms with Crippen molar-refractivity contribution in [2.24, 2.45) is 0 Å². The molecule has 252 valence electrons. The molecule has 2 aromatic carbocycles. The molecular weight excluding hydrogens is 639 g/mol. The first-order valence-electron chi connectivity index (χ1n) is 15.7. The molecule has 4 heterocycles. The number of carbonyl (C=O) groups excluding carboxylic acids is 1. The lowest BCUT2D eigenvalue weighted by Gasteiger charge is -2.44. The highest BCUT2D eigenvalue weighted by molar-refractivity contribution is 7.99. The minimum Gasteiger partial charge on any atom is -0.352 e. The Hall–Kier alpha value is -3.49. The van der Waals surface area contributed by atoms with Crippen LogP contribution in [0.5, 0.6) is 0 Å². The van der Waals surface area contributed by atoms with E-state index in [9.17, 15) is 14.0 Å². The molecule has 3 aromatic rings. The number of alkyl halides is 3. The zero-order chi connectivity index (χ0) is 33.8. The number of carbonyl (C=O) groups is 1. The molecule has 3 atom stereocenters. The van der Waals surface area contributed by atoms with Crippen molar-refractivity contribution in [3.05, 3.63) is 64.6 Å². The molecule has 2 saturated heterocycles. The number of likely N-dealkylation sites (N-methyl/N-ethyl adjacent to an activating group) is 1. The van der Waals surface area contributed by atoms with Crippen LogP contribution < -0.4 is 10.6 Å². The number of aromatic nitrogens is 2. The molecule has 2 fully saturated rings. The highest BCUT2D eigenvalue weighted by Gasteiger charge is 2.41. The van der Waals surface area contributed by atoms with Crippen molar-refractivity contribution in [3.63, 3.8) is 0 Å². The molecule has 1 amide bonds. The number of hydrogen-bond acceptors (Lipinski definition) is 7. The van der Waals surface area contributed by atoms with Gasteiger partial charge in [0.2, 0.25) is 5.91 Å². The fourth-order valence-electron chi connectivity index (χ4n) is 7.27. The quantitative estimate of drug-likeness (QED) is 0.276. The zero-order valence-corrected chi connectivity index (χ0v) is 27.3. The molecular formula is C33H37F5N6O2S. The molecule has 0 N–H and O–H groups in total. The summed E-state index contributed by atoms with van der Waals surface area (Å²) in [5, 5.41) is 0.116. The van der Waals surface area contributed by atoms with Gasteiger partial charge in [0.1, 0.15) is 17.5 Å². The summed E-state index contributed by atoms with van der Waals surface area (Å²) in [5.41, 5.74) is -2.28. The van der Waals surface area contributed by atoms with E-state index >= 15 is 17.6 Å². The zero-order valence-electron chi connectivity index (χ0n) is 26.5. The van der Waals surface area contributed by atoms with E-state index in [0.717, 1.165) is 62.7 Å². The molecule has 3 aliphatic heterocycles. The van der Waals surface area contributed by atoms with Gasteiger partial charge in [-0.1, -0.05) is 13.5 Å². The molecule has 3 aliphatic rings. The first-order valence-corrected chi connectivity index (χ1v) is 16.7. The number of halogens is 5. The maximum Gasteiger partial charge on any atom is 0.417 e. The van der Waals surface area contributed by atoms with Crippen molar-refractivity contribution in [2.45, 2.75) is 56.5 Å². The van der Waals surface area contributed by atoms with Crippen molar-refractivity contribution in [2.75, 3.05) is 56.5 Å². The molecule has 6 rings (SSSR count). The average molecular weight is 677 g/mol. The summed E-state index contributed by atoms with van der Waals surface area (Å²) >= 11 is 1.16. The van der Waals surface area contributed by atoms with E-state index in [1.807, 2.05) is 13.8 Å². The second-order valence-corrected chi connectivity index (χ2v) is 13.5. The maximum absolute atomic E-state index is 15.4. The minimum absolute atomic E-state index is 0.0825. The molecule has 0 bridgehead atoms. The van der Waals surface area contributed by atoms with Crippen LogP contribution in [0.3, 0.4) is 0 Å². The van der Waals surface area contributed by atoms with Gasteiger partial charge in [0.25, 0.3) is 0 Å². The lowest BCUT2D eigenvalue weighted by molar-refractivity contribution is -0.137. The van der Waals surface area contributed by atoms with Crippen molar-refractivity contribution in [1.29, 1.82) is 0 Å².